The predicted octanol–water partition coefficient (Wildman–Crippen LogP) is 5.26. The van der Waals surface area contributed by atoms with Crippen molar-refractivity contribution in [3.63, 3.8) is 0 Å². The summed E-state index contributed by atoms with van der Waals surface area (Å²) < 4.78 is 17.6. The van der Waals surface area contributed by atoms with Crippen LogP contribution < -0.4 is 21.3 Å². The number of nitrogen functional groups attached to an aromatic ring is 1. The number of nitrogens with one attached hydrogen (secondary N) is 2. The summed E-state index contributed by atoms with van der Waals surface area (Å²) in [6.45, 7) is 4.52. The Morgan fingerprint density at radius 2 is 1.65 bits per heavy atom. The fourth-order valence-corrected chi connectivity index (χ4v) is 6.41. The van der Waals surface area contributed by atoms with Gasteiger partial charge in [-0.2, -0.15) is 0 Å². The number of rotatable bonds is 6. The van der Waals surface area contributed by atoms with E-state index in [-0.39, 0.29) is 11.7 Å². The molecule has 1 saturated carbocycles. The van der Waals surface area contributed by atoms with Gasteiger partial charge in [-0.1, -0.05) is 6.07 Å². The zero-order chi connectivity index (χ0) is 30.1. The molecule has 0 bridgehead atoms. The molecule has 2 fully saturated rings. The van der Waals surface area contributed by atoms with Crippen molar-refractivity contribution in [3.8, 4) is 11.1 Å². The molecule has 4 aromatic rings. The van der Waals surface area contributed by atoms with Crippen LogP contribution in [0.3, 0.4) is 0 Å². The maximum Gasteiger partial charge on any atom is 0.323 e. The van der Waals surface area contributed by atoms with Crippen molar-refractivity contribution in [1.29, 1.82) is 0 Å². The highest BCUT2D eigenvalue weighted by molar-refractivity contribution is 6.02. The summed E-state index contributed by atoms with van der Waals surface area (Å²) in [4.78, 5) is 28.5. The van der Waals surface area contributed by atoms with Gasteiger partial charge >= 0.3 is 6.03 Å². The Labute approximate surface area is 251 Å². The standard InChI is InChI=1S/C32H40FN9O/c1-39(2)23-7-5-22(6-8-23)37-32(43)38-28-13-4-21(18-27(28)33)26-19-42(31-29(26)30(34)35-20-36-31)25-11-9-24(10-12-25)41-16-14-40(3)15-17-41/h4-8,13,18-20,24-25H,9-12,14-17H2,1-3H3,(H2,34,35,36)(H2,37,38,43)/t24-,25+. The molecule has 10 nitrogen and oxygen atoms in total. The number of benzene rings is 2. The number of hydrogen-bond acceptors (Lipinski definition) is 7. The molecule has 226 valence electrons. The fourth-order valence-electron chi connectivity index (χ4n) is 6.41. The highest BCUT2D eigenvalue weighted by Gasteiger charge is 2.30. The number of aromatic nitrogens is 3. The minimum atomic E-state index is -0.542. The average Bonchev–Trinajstić information content (AvgIpc) is 3.40. The van der Waals surface area contributed by atoms with Crippen molar-refractivity contribution < 1.29 is 9.18 Å². The van der Waals surface area contributed by atoms with Crippen molar-refractivity contribution >= 4 is 39.9 Å². The van der Waals surface area contributed by atoms with E-state index in [9.17, 15) is 4.79 Å². The number of hydrogen-bond donors (Lipinski definition) is 3. The normalized spacial score (nSPS) is 19.8. The zero-order valence-electron chi connectivity index (χ0n) is 25.1. The predicted molar refractivity (Wildman–Crippen MR) is 171 cm³/mol. The van der Waals surface area contributed by atoms with E-state index in [1.807, 2.05) is 37.3 Å². The first kappa shape index (κ1) is 28.9. The SMILES string of the molecule is CN1CCN([C@H]2CC[C@@H](n3cc(-c4ccc(NC(=O)Nc5ccc(N(C)C)cc5)c(F)c4)c4c(N)ncnc43)CC2)CC1. The van der Waals surface area contributed by atoms with Gasteiger partial charge in [-0.3, -0.25) is 4.90 Å². The van der Waals surface area contributed by atoms with Crippen LogP contribution in [-0.2, 0) is 0 Å². The quantitative estimate of drug-likeness (QED) is 0.283. The second-order valence-electron chi connectivity index (χ2n) is 11.9. The molecule has 0 atom stereocenters. The molecule has 1 aliphatic carbocycles. The lowest BCUT2D eigenvalue weighted by atomic mass is 9.89. The lowest BCUT2D eigenvalue weighted by molar-refractivity contribution is 0.0828. The third-order valence-electron chi connectivity index (χ3n) is 8.92. The summed E-state index contributed by atoms with van der Waals surface area (Å²) in [6, 6.07) is 12.6. The summed E-state index contributed by atoms with van der Waals surface area (Å²) in [5, 5.41) is 6.09. The second kappa shape index (κ2) is 12.2. The Kier molecular flexibility index (Phi) is 8.18. The van der Waals surface area contributed by atoms with Crippen molar-refractivity contribution in [2.45, 2.75) is 37.8 Å². The summed E-state index contributed by atoms with van der Waals surface area (Å²) in [6.07, 6.45) is 7.92. The van der Waals surface area contributed by atoms with Gasteiger partial charge in [0, 0.05) is 75.5 Å². The van der Waals surface area contributed by atoms with Gasteiger partial charge in [-0.15, -0.1) is 0 Å². The van der Waals surface area contributed by atoms with E-state index in [4.69, 9.17) is 5.73 Å². The van der Waals surface area contributed by atoms with E-state index in [2.05, 4.69) is 42.0 Å². The number of likely N-dealkylation sites (N-methyl/N-ethyl adjacent to an activating group) is 1. The first-order chi connectivity index (χ1) is 20.8. The summed E-state index contributed by atoms with van der Waals surface area (Å²) in [7, 11) is 6.08. The molecule has 0 spiro atoms. The number of urea groups is 1. The van der Waals surface area contributed by atoms with Crippen molar-refractivity contribution in [2.75, 3.05) is 68.6 Å². The molecule has 3 heterocycles. The molecule has 0 radical (unpaired) electrons. The number of carbonyl (C=O) groups is 1. The van der Waals surface area contributed by atoms with Crippen molar-refractivity contribution in [2.24, 2.45) is 0 Å². The summed E-state index contributed by atoms with van der Waals surface area (Å²) in [5.41, 5.74) is 10.3. The minimum absolute atomic E-state index is 0.0846. The first-order valence-electron chi connectivity index (χ1n) is 15.0. The lowest BCUT2D eigenvalue weighted by Crippen LogP contribution is -2.49. The van der Waals surface area contributed by atoms with Gasteiger partial charge in [0.2, 0.25) is 0 Å². The number of anilines is 4. The molecule has 4 N–H and O–H groups in total. The number of nitrogens with zero attached hydrogens (tertiary/aromatic N) is 6. The van der Waals surface area contributed by atoms with Crippen LogP contribution in [-0.4, -0.2) is 83.7 Å². The Morgan fingerprint density at radius 1 is 0.953 bits per heavy atom. The van der Waals surface area contributed by atoms with Crippen LogP contribution in [0, 0.1) is 5.82 Å². The van der Waals surface area contributed by atoms with Crippen LogP contribution in [0.15, 0.2) is 55.0 Å². The zero-order valence-corrected chi connectivity index (χ0v) is 25.1. The maximum absolute atomic E-state index is 15.4. The van der Waals surface area contributed by atoms with Crippen LogP contribution in [0.1, 0.15) is 31.7 Å². The second-order valence-corrected chi connectivity index (χ2v) is 11.9. The number of nitrogens with two attached hydrogens (primary N) is 1. The molecule has 2 amide bonds. The van der Waals surface area contributed by atoms with Gasteiger partial charge in [0.25, 0.3) is 0 Å². The molecular weight excluding hydrogens is 545 g/mol. The fraction of sp³-hybridized carbons (Fsp3) is 0.406. The summed E-state index contributed by atoms with van der Waals surface area (Å²) >= 11 is 0. The van der Waals surface area contributed by atoms with Gasteiger partial charge in [-0.25, -0.2) is 19.2 Å². The summed E-state index contributed by atoms with van der Waals surface area (Å²) in [5.74, 6) is -0.174. The Morgan fingerprint density at radius 3 is 2.33 bits per heavy atom. The van der Waals surface area contributed by atoms with Gasteiger partial charge in [0.05, 0.1) is 11.1 Å². The van der Waals surface area contributed by atoms with Crippen molar-refractivity contribution in [3.05, 3.63) is 60.8 Å². The van der Waals surface area contributed by atoms with Crippen LogP contribution >= 0.6 is 0 Å². The molecular formula is C32H40FN9O. The van der Waals surface area contributed by atoms with Crippen LogP contribution in [0.4, 0.5) is 32.1 Å². The third kappa shape index (κ3) is 6.14. The maximum atomic E-state index is 15.4. The molecule has 43 heavy (non-hydrogen) atoms. The molecule has 0 unspecified atom stereocenters. The number of carbonyl (C=O) groups excluding carboxylic acids is 1. The molecule has 11 heteroatoms. The number of halogens is 1. The van der Waals surface area contributed by atoms with E-state index in [1.54, 1.807) is 24.3 Å². The molecule has 2 aromatic carbocycles. The number of piperazine rings is 1. The highest BCUT2D eigenvalue weighted by Crippen LogP contribution is 2.39. The number of fused-ring (bicyclic) bond motifs is 1. The largest absolute Gasteiger partial charge is 0.383 e. The van der Waals surface area contributed by atoms with Crippen LogP contribution in [0.25, 0.3) is 22.2 Å². The van der Waals surface area contributed by atoms with Crippen LogP contribution in [0.2, 0.25) is 0 Å². The molecule has 1 saturated heterocycles. The van der Waals surface area contributed by atoms with E-state index in [0.717, 1.165) is 74.1 Å². The average molecular weight is 586 g/mol. The number of amides is 2. The molecule has 1 aliphatic heterocycles. The van der Waals surface area contributed by atoms with Gasteiger partial charge < -0.3 is 30.7 Å². The first-order valence-corrected chi connectivity index (χ1v) is 15.0. The smallest absolute Gasteiger partial charge is 0.323 e. The van der Waals surface area contributed by atoms with Gasteiger partial charge in [0.15, 0.2) is 0 Å². The topological polar surface area (TPSA) is 108 Å². The molecule has 6 rings (SSSR count). The van der Waals surface area contributed by atoms with Gasteiger partial charge in [-0.05, 0) is 74.7 Å². The van der Waals surface area contributed by atoms with E-state index < -0.39 is 11.8 Å². The van der Waals surface area contributed by atoms with E-state index in [0.29, 0.717) is 23.1 Å². The van der Waals surface area contributed by atoms with Crippen molar-refractivity contribution in [1.82, 2.24) is 24.3 Å². The van der Waals surface area contributed by atoms with E-state index in [1.165, 1.54) is 12.4 Å². The van der Waals surface area contributed by atoms with Gasteiger partial charge in [0.1, 0.15) is 23.6 Å². The molecule has 2 aliphatic rings. The highest BCUT2D eigenvalue weighted by atomic mass is 19.1. The third-order valence-corrected chi connectivity index (χ3v) is 8.92. The Balaban J connectivity index is 1.18. The van der Waals surface area contributed by atoms with Crippen LogP contribution in [0.5, 0.6) is 0 Å². The Bertz CT molecular complexity index is 1590. The monoisotopic (exact) mass is 585 g/mol. The minimum Gasteiger partial charge on any atom is -0.383 e. The Hall–Kier alpha value is -4.22. The lowest BCUT2D eigenvalue weighted by Gasteiger charge is -2.41. The molecule has 2 aromatic heterocycles. The van der Waals surface area contributed by atoms with E-state index >= 15 is 4.39 Å².